The van der Waals surface area contributed by atoms with E-state index < -0.39 is 0 Å². The summed E-state index contributed by atoms with van der Waals surface area (Å²) in [5, 5.41) is 28.3. The van der Waals surface area contributed by atoms with Crippen LogP contribution in [0.3, 0.4) is 0 Å². The molecule has 6 heteroatoms. The normalized spacial score (nSPS) is 11.5. The van der Waals surface area contributed by atoms with Gasteiger partial charge >= 0.3 is 0 Å². The molecule has 0 saturated heterocycles. The molecule has 0 aliphatic heterocycles. The second kappa shape index (κ2) is 10.0. The second-order valence-electron chi connectivity index (χ2n) is 8.72. The molecule has 0 amide bonds. The van der Waals surface area contributed by atoms with Crippen molar-refractivity contribution < 1.29 is 19.5 Å². The third-order valence-electron chi connectivity index (χ3n) is 5.40. The van der Waals surface area contributed by atoms with Gasteiger partial charge in [0, 0.05) is 25.1 Å². The number of Topliss-reactive ketones (excluding diaryl/α,β-unsaturated/α-hetero) is 1. The van der Waals surface area contributed by atoms with Crippen molar-refractivity contribution in [1.82, 2.24) is 10.5 Å². The summed E-state index contributed by atoms with van der Waals surface area (Å²) < 4.78 is 5.64. The lowest BCUT2D eigenvalue weighted by molar-refractivity contribution is 0.0973. The predicted octanol–water partition coefficient (Wildman–Crippen LogP) is 6.02. The average molecular weight is 437 g/mol. The molecule has 170 valence electrons. The summed E-state index contributed by atoms with van der Waals surface area (Å²) in [5.74, 6) is 0.139. The highest BCUT2D eigenvalue weighted by Crippen LogP contribution is 2.43. The minimum absolute atomic E-state index is 0.0200. The Morgan fingerprint density at radius 2 is 1.75 bits per heavy atom. The Labute approximate surface area is 189 Å². The van der Waals surface area contributed by atoms with Crippen LogP contribution >= 0.6 is 0 Å². The van der Waals surface area contributed by atoms with Crippen LogP contribution < -0.4 is 5.32 Å². The van der Waals surface area contributed by atoms with Crippen LogP contribution in [0.25, 0.3) is 22.5 Å². The zero-order valence-electron chi connectivity index (χ0n) is 19.4. The fraction of sp³-hybridized carbons (Fsp3) is 0.385. The van der Waals surface area contributed by atoms with Crippen LogP contribution in [0.1, 0.15) is 75.0 Å². The summed E-state index contributed by atoms with van der Waals surface area (Å²) in [7, 11) is 0. The lowest BCUT2D eigenvalue weighted by Crippen LogP contribution is -2.21. The van der Waals surface area contributed by atoms with Crippen LogP contribution in [0.4, 0.5) is 0 Å². The Kier molecular flexibility index (Phi) is 7.36. The SMILES string of the molecule is CCCC(=O)c1noc(-c2cc(C(C)C)c(O)cc2O)c1-c1ccc(CNC(C)C)cc1. The van der Waals surface area contributed by atoms with Crippen molar-refractivity contribution in [1.29, 1.82) is 0 Å². The molecule has 1 aromatic heterocycles. The smallest absolute Gasteiger partial charge is 0.185 e. The molecular weight excluding hydrogens is 404 g/mol. The van der Waals surface area contributed by atoms with Gasteiger partial charge in [-0.2, -0.15) is 0 Å². The number of rotatable bonds is 9. The molecule has 0 fully saturated rings. The highest BCUT2D eigenvalue weighted by molar-refractivity contribution is 6.03. The third kappa shape index (κ3) is 5.02. The number of hydrogen-bond acceptors (Lipinski definition) is 6. The van der Waals surface area contributed by atoms with Crippen molar-refractivity contribution >= 4 is 5.78 Å². The predicted molar refractivity (Wildman–Crippen MR) is 126 cm³/mol. The van der Waals surface area contributed by atoms with Gasteiger partial charge in [0.2, 0.25) is 0 Å². The Morgan fingerprint density at radius 1 is 1.06 bits per heavy atom. The molecule has 6 nitrogen and oxygen atoms in total. The summed E-state index contributed by atoms with van der Waals surface area (Å²) in [5.41, 5.74) is 3.80. The quantitative estimate of drug-likeness (QED) is 0.355. The summed E-state index contributed by atoms with van der Waals surface area (Å²) in [6.07, 6.45) is 1.05. The zero-order chi connectivity index (χ0) is 23.4. The van der Waals surface area contributed by atoms with Gasteiger partial charge in [0.1, 0.15) is 11.5 Å². The fourth-order valence-corrected chi connectivity index (χ4v) is 3.63. The number of nitrogens with zero attached hydrogens (tertiary/aromatic N) is 1. The molecule has 1 heterocycles. The van der Waals surface area contributed by atoms with E-state index in [1.54, 1.807) is 6.07 Å². The van der Waals surface area contributed by atoms with Gasteiger partial charge in [0.15, 0.2) is 17.2 Å². The number of phenols is 2. The van der Waals surface area contributed by atoms with Crippen molar-refractivity contribution in [2.45, 2.75) is 66.0 Å². The van der Waals surface area contributed by atoms with Gasteiger partial charge in [-0.05, 0) is 35.1 Å². The highest BCUT2D eigenvalue weighted by atomic mass is 16.5. The van der Waals surface area contributed by atoms with E-state index in [-0.39, 0.29) is 28.9 Å². The molecule has 32 heavy (non-hydrogen) atoms. The Balaban J connectivity index is 2.14. The largest absolute Gasteiger partial charge is 0.508 e. The van der Waals surface area contributed by atoms with E-state index in [1.807, 2.05) is 45.0 Å². The van der Waals surface area contributed by atoms with E-state index in [0.29, 0.717) is 41.3 Å². The molecule has 3 N–H and O–H groups in total. The van der Waals surface area contributed by atoms with E-state index in [9.17, 15) is 15.0 Å². The molecule has 0 bridgehead atoms. The zero-order valence-corrected chi connectivity index (χ0v) is 19.4. The first-order chi connectivity index (χ1) is 15.2. The summed E-state index contributed by atoms with van der Waals surface area (Å²) >= 11 is 0. The van der Waals surface area contributed by atoms with Crippen LogP contribution in [-0.4, -0.2) is 27.2 Å². The van der Waals surface area contributed by atoms with Crippen LogP contribution in [0.2, 0.25) is 0 Å². The molecule has 0 atom stereocenters. The van der Waals surface area contributed by atoms with Gasteiger partial charge in [0.25, 0.3) is 0 Å². The van der Waals surface area contributed by atoms with E-state index in [4.69, 9.17) is 4.52 Å². The number of carbonyl (C=O) groups is 1. The molecule has 0 aliphatic rings. The van der Waals surface area contributed by atoms with Crippen molar-refractivity contribution in [3.63, 3.8) is 0 Å². The van der Waals surface area contributed by atoms with Crippen LogP contribution in [0.15, 0.2) is 40.9 Å². The van der Waals surface area contributed by atoms with Crippen LogP contribution in [0.5, 0.6) is 11.5 Å². The maximum absolute atomic E-state index is 12.8. The topological polar surface area (TPSA) is 95.6 Å². The van der Waals surface area contributed by atoms with Crippen molar-refractivity contribution in [3.05, 3.63) is 53.2 Å². The molecule has 0 unspecified atom stereocenters. The van der Waals surface area contributed by atoms with Crippen LogP contribution in [0, 0.1) is 0 Å². The first kappa shape index (κ1) is 23.5. The first-order valence-electron chi connectivity index (χ1n) is 11.1. The number of carbonyl (C=O) groups excluding carboxylic acids is 1. The van der Waals surface area contributed by atoms with Gasteiger partial charge in [-0.25, -0.2) is 0 Å². The molecule has 0 aliphatic carbocycles. The number of hydrogen-bond donors (Lipinski definition) is 3. The number of nitrogens with one attached hydrogen (secondary N) is 1. The molecule has 3 rings (SSSR count). The Morgan fingerprint density at radius 3 is 2.34 bits per heavy atom. The lowest BCUT2D eigenvalue weighted by atomic mass is 9.93. The van der Waals surface area contributed by atoms with E-state index >= 15 is 0 Å². The van der Waals surface area contributed by atoms with Gasteiger partial charge in [0.05, 0.1) is 11.1 Å². The lowest BCUT2D eigenvalue weighted by Gasteiger charge is -2.13. The minimum Gasteiger partial charge on any atom is -0.508 e. The fourth-order valence-electron chi connectivity index (χ4n) is 3.63. The Bertz CT molecular complexity index is 1080. The molecular formula is C26H32N2O4. The number of ketones is 1. The van der Waals surface area contributed by atoms with Crippen molar-refractivity contribution in [3.8, 4) is 33.9 Å². The summed E-state index contributed by atoms with van der Waals surface area (Å²) in [4.78, 5) is 12.8. The van der Waals surface area contributed by atoms with E-state index in [2.05, 4.69) is 24.3 Å². The van der Waals surface area contributed by atoms with E-state index in [0.717, 1.165) is 17.7 Å². The molecule has 0 radical (unpaired) electrons. The number of aromatic nitrogens is 1. The number of aromatic hydroxyl groups is 2. The maximum Gasteiger partial charge on any atom is 0.185 e. The second-order valence-corrected chi connectivity index (χ2v) is 8.72. The van der Waals surface area contributed by atoms with Gasteiger partial charge < -0.3 is 20.1 Å². The maximum atomic E-state index is 12.8. The monoisotopic (exact) mass is 436 g/mol. The molecule has 3 aromatic rings. The van der Waals surface area contributed by atoms with Gasteiger partial charge in [-0.3, -0.25) is 4.79 Å². The third-order valence-corrected chi connectivity index (χ3v) is 5.40. The standard InChI is InChI=1S/C26H32N2O4/c1-6-7-21(29)25-24(18-10-8-17(9-11-18)14-27-16(4)5)26(32-28-25)20-12-19(15(2)3)22(30)13-23(20)31/h8-13,15-16,27,30-31H,6-7,14H2,1-5H3. The highest BCUT2D eigenvalue weighted by Gasteiger charge is 2.26. The Hall–Kier alpha value is -3.12. The molecule has 0 spiro atoms. The minimum atomic E-state index is -0.128. The average Bonchev–Trinajstić information content (AvgIpc) is 3.17. The first-order valence-corrected chi connectivity index (χ1v) is 11.1. The molecule has 2 aromatic carbocycles. The van der Waals surface area contributed by atoms with Crippen molar-refractivity contribution in [2.75, 3.05) is 0 Å². The van der Waals surface area contributed by atoms with Crippen LogP contribution in [-0.2, 0) is 6.54 Å². The van der Waals surface area contributed by atoms with Crippen molar-refractivity contribution in [2.24, 2.45) is 0 Å². The number of benzene rings is 2. The summed E-state index contributed by atoms with van der Waals surface area (Å²) in [6, 6.07) is 11.3. The van der Waals surface area contributed by atoms with Gasteiger partial charge in [-0.15, -0.1) is 0 Å². The van der Waals surface area contributed by atoms with E-state index in [1.165, 1.54) is 6.07 Å². The summed E-state index contributed by atoms with van der Waals surface area (Å²) in [6.45, 7) is 10.8. The molecule has 0 saturated carbocycles. The number of phenolic OH excluding ortho intramolecular Hbond substituents is 2. The van der Waals surface area contributed by atoms with Gasteiger partial charge in [-0.1, -0.05) is 64.0 Å².